The van der Waals surface area contributed by atoms with Crippen molar-refractivity contribution in [1.82, 2.24) is 10.2 Å². The molecule has 30 heavy (non-hydrogen) atoms. The minimum Gasteiger partial charge on any atom is -0.497 e. The predicted molar refractivity (Wildman–Crippen MR) is 117 cm³/mol. The molecule has 0 aromatic heterocycles. The third-order valence-electron chi connectivity index (χ3n) is 4.78. The van der Waals surface area contributed by atoms with Crippen LogP contribution in [0.3, 0.4) is 0 Å². The fourth-order valence-electron chi connectivity index (χ4n) is 2.99. The Balaban J connectivity index is 1.92. The summed E-state index contributed by atoms with van der Waals surface area (Å²) in [5, 5.41) is 2.88. The summed E-state index contributed by atoms with van der Waals surface area (Å²) in [6.45, 7) is 5.21. The summed E-state index contributed by atoms with van der Waals surface area (Å²) in [5.74, 6) is 1.31. The minimum atomic E-state index is -0.535. The van der Waals surface area contributed by atoms with Crippen LogP contribution in [0.2, 0.25) is 0 Å². The molecule has 0 saturated heterocycles. The van der Waals surface area contributed by atoms with Gasteiger partial charge in [-0.2, -0.15) is 0 Å². The topological polar surface area (TPSA) is 67.9 Å². The Morgan fingerprint density at radius 2 is 1.70 bits per heavy atom. The zero-order chi connectivity index (χ0) is 21.8. The van der Waals surface area contributed by atoms with E-state index >= 15 is 0 Å². The first-order valence-corrected chi connectivity index (χ1v) is 10.4. The molecule has 0 aliphatic rings. The highest BCUT2D eigenvalue weighted by molar-refractivity contribution is 5.87. The predicted octanol–water partition coefficient (Wildman–Crippen LogP) is 3.80. The van der Waals surface area contributed by atoms with Gasteiger partial charge in [0.05, 0.1) is 13.7 Å². The number of hydrogen-bond acceptors (Lipinski definition) is 4. The zero-order valence-corrected chi connectivity index (χ0v) is 18.1. The first kappa shape index (κ1) is 23.3. The van der Waals surface area contributed by atoms with Crippen molar-refractivity contribution in [3.8, 4) is 11.5 Å². The van der Waals surface area contributed by atoms with E-state index in [1.807, 2.05) is 61.5 Å². The first-order valence-electron chi connectivity index (χ1n) is 10.4. The van der Waals surface area contributed by atoms with Crippen molar-refractivity contribution in [2.75, 3.05) is 20.3 Å². The molecule has 0 aliphatic carbocycles. The molecule has 2 rings (SSSR count). The number of ether oxygens (including phenoxy) is 2. The first-order chi connectivity index (χ1) is 14.5. The number of nitrogens with one attached hydrogen (secondary N) is 1. The molecule has 1 atom stereocenters. The van der Waals surface area contributed by atoms with E-state index < -0.39 is 6.04 Å². The van der Waals surface area contributed by atoms with Crippen LogP contribution in [-0.4, -0.2) is 43.0 Å². The number of hydrogen-bond donors (Lipinski definition) is 1. The van der Waals surface area contributed by atoms with Crippen LogP contribution in [0.1, 0.15) is 38.7 Å². The number of carbonyl (C=O) groups excluding carboxylic acids is 2. The molecule has 1 N–H and O–H groups in total. The Labute approximate surface area is 179 Å². The lowest BCUT2D eigenvalue weighted by Crippen LogP contribution is -2.47. The Morgan fingerprint density at radius 3 is 2.33 bits per heavy atom. The molecule has 0 aliphatic heterocycles. The summed E-state index contributed by atoms with van der Waals surface area (Å²) < 4.78 is 10.8. The van der Waals surface area contributed by atoms with Gasteiger partial charge in [0, 0.05) is 19.5 Å². The van der Waals surface area contributed by atoms with Gasteiger partial charge in [-0.1, -0.05) is 37.3 Å². The van der Waals surface area contributed by atoms with E-state index in [-0.39, 0.29) is 11.8 Å². The van der Waals surface area contributed by atoms with Crippen molar-refractivity contribution in [1.29, 1.82) is 0 Å². The van der Waals surface area contributed by atoms with E-state index in [0.29, 0.717) is 32.5 Å². The number of benzene rings is 2. The van der Waals surface area contributed by atoms with Gasteiger partial charge >= 0.3 is 0 Å². The molecule has 2 aromatic carbocycles. The van der Waals surface area contributed by atoms with E-state index in [0.717, 1.165) is 23.5 Å². The molecule has 1 unspecified atom stereocenters. The van der Waals surface area contributed by atoms with Crippen LogP contribution < -0.4 is 14.8 Å². The summed E-state index contributed by atoms with van der Waals surface area (Å²) in [4.78, 5) is 27.0. The maximum absolute atomic E-state index is 12.9. The van der Waals surface area contributed by atoms with Crippen LogP contribution in [0.15, 0.2) is 54.6 Å². The van der Waals surface area contributed by atoms with Crippen LogP contribution in [-0.2, 0) is 16.1 Å². The van der Waals surface area contributed by atoms with Gasteiger partial charge in [0.25, 0.3) is 0 Å². The molecule has 0 radical (unpaired) electrons. The molecule has 0 saturated carbocycles. The highest BCUT2D eigenvalue weighted by Crippen LogP contribution is 2.17. The van der Waals surface area contributed by atoms with E-state index in [1.165, 1.54) is 0 Å². The van der Waals surface area contributed by atoms with Crippen LogP contribution in [0.4, 0.5) is 0 Å². The third-order valence-corrected chi connectivity index (χ3v) is 4.78. The number of methoxy groups -OCH3 is 1. The largest absolute Gasteiger partial charge is 0.497 e. The van der Waals surface area contributed by atoms with Crippen LogP contribution >= 0.6 is 0 Å². The maximum atomic E-state index is 12.9. The lowest BCUT2D eigenvalue weighted by Gasteiger charge is -2.29. The number of nitrogens with zero attached hydrogens (tertiary/aromatic N) is 1. The lowest BCUT2D eigenvalue weighted by atomic mass is 10.1. The van der Waals surface area contributed by atoms with E-state index in [9.17, 15) is 9.59 Å². The van der Waals surface area contributed by atoms with Gasteiger partial charge in [-0.25, -0.2) is 0 Å². The van der Waals surface area contributed by atoms with E-state index in [2.05, 4.69) is 5.32 Å². The second kappa shape index (κ2) is 12.5. The number of carbonyl (C=O) groups is 2. The van der Waals surface area contributed by atoms with Crippen LogP contribution in [0.25, 0.3) is 0 Å². The highest BCUT2D eigenvalue weighted by Gasteiger charge is 2.25. The van der Waals surface area contributed by atoms with Crippen molar-refractivity contribution in [2.45, 2.75) is 45.7 Å². The highest BCUT2D eigenvalue weighted by atomic mass is 16.5. The smallest absolute Gasteiger partial charge is 0.242 e. The normalized spacial score (nSPS) is 11.4. The summed E-state index contributed by atoms with van der Waals surface area (Å²) in [7, 11) is 1.62. The average Bonchev–Trinajstić information content (AvgIpc) is 2.79. The van der Waals surface area contributed by atoms with Crippen LogP contribution in [0.5, 0.6) is 11.5 Å². The lowest BCUT2D eigenvalue weighted by molar-refractivity contribution is -0.140. The summed E-state index contributed by atoms with van der Waals surface area (Å²) in [6, 6.07) is 16.5. The standard InChI is InChI=1S/C24H32N2O4/c1-4-16-25-24(28)19(2)26(18-20-9-6-5-7-10-20)23(27)11-8-17-30-22-14-12-21(29-3)13-15-22/h5-7,9-10,12-15,19H,4,8,11,16-18H2,1-3H3,(H,25,28). The van der Waals surface area contributed by atoms with Gasteiger partial charge in [-0.15, -0.1) is 0 Å². The van der Waals surface area contributed by atoms with Crippen molar-refractivity contribution >= 4 is 11.8 Å². The molecule has 0 spiro atoms. The molecule has 6 nitrogen and oxygen atoms in total. The molecular formula is C24H32N2O4. The van der Waals surface area contributed by atoms with Crippen LogP contribution in [0, 0.1) is 0 Å². The van der Waals surface area contributed by atoms with Crippen molar-refractivity contribution < 1.29 is 19.1 Å². The second-order valence-electron chi connectivity index (χ2n) is 7.10. The summed E-state index contributed by atoms with van der Waals surface area (Å²) in [5.41, 5.74) is 0.996. The van der Waals surface area contributed by atoms with Gasteiger partial charge < -0.3 is 19.7 Å². The summed E-state index contributed by atoms with van der Waals surface area (Å²) >= 11 is 0. The monoisotopic (exact) mass is 412 g/mol. The van der Waals surface area contributed by atoms with Crippen molar-refractivity contribution in [3.63, 3.8) is 0 Å². The fourth-order valence-corrected chi connectivity index (χ4v) is 2.99. The van der Waals surface area contributed by atoms with Gasteiger partial charge in [0.2, 0.25) is 11.8 Å². The van der Waals surface area contributed by atoms with Gasteiger partial charge in [0.15, 0.2) is 0 Å². The molecular weight excluding hydrogens is 380 g/mol. The average molecular weight is 413 g/mol. The Morgan fingerprint density at radius 1 is 1.03 bits per heavy atom. The molecule has 0 bridgehead atoms. The molecule has 6 heteroatoms. The number of rotatable bonds is 12. The van der Waals surface area contributed by atoms with Gasteiger partial charge in [-0.05, 0) is 49.6 Å². The van der Waals surface area contributed by atoms with Gasteiger partial charge in [-0.3, -0.25) is 9.59 Å². The molecule has 2 aromatic rings. The Bertz CT molecular complexity index is 778. The minimum absolute atomic E-state index is 0.0590. The Kier molecular flexibility index (Phi) is 9.71. The maximum Gasteiger partial charge on any atom is 0.242 e. The quantitative estimate of drug-likeness (QED) is 0.539. The van der Waals surface area contributed by atoms with E-state index in [1.54, 1.807) is 18.9 Å². The Hall–Kier alpha value is -3.02. The third kappa shape index (κ3) is 7.43. The molecule has 2 amide bonds. The SMILES string of the molecule is CCCNC(=O)C(C)N(Cc1ccccc1)C(=O)CCCOc1ccc(OC)cc1. The fraction of sp³-hybridized carbons (Fsp3) is 0.417. The van der Waals surface area contributed by atoms with Crippen molar-refractivity contribution in [2.24, 2.45) is 0 Å². The second-order valence-corrected chi connectivity index (χ2v) is 7.10. The van der Waals surface area contributed by atoms with Crippen molar-refractivity contribution in [3.05, 3.63) is 60.2 Å². The molecule has 162 valence electrons. The summed E-state index contributed by atoms with van der Waals surface area (Å²) in [6.07, 6.45) is 1.74. The molecule has 0 fully saturated rings. The van der Waals surface area contributed by atoms with E-state index in [4.69, 9.17) is 9.47 Å². The van der Waals surface area contributed by atoms with Gasteiger partial charge in [0.1, 0.15) is 17.5 Å². The molecule has 0 heterocycles. The zero-order valence-electron chi connectivity index (χ0n) is 18.1. The number of amides is 2.